The van der Waals surface area contributed by atoms with E-state index < -0.39 is 24.2 Å². The average molecular weight is 809 g/mol. The maximum absolute atomic E-state index is 9.74. The number of fused-ring (bicyclic) bond motifs is 8. The van der Waals surface area contributed by atoms with Gasteiger partial charge in [0.15, 0.2) is 17.5 Å². The molecule has 3 aromatic heterocycles. The molecule has 12 aromatic rings. The highest BCUT2D eigenvalue weighted by Gasteiger charge is 2.18. The molecule has 60 heavy (non-hydrogen) atoms. The van der Waals surface area contributed by atoms with Gasteiger partial charge in [0.05, 0.1) is 12.3 Å². The topological polar surface area (TPSA) is 38.7 Å². The van der Waals surface area contributed by atoms with Gasteiger partial charge in [-0.3, -0.25) is 0 Å². The molecular weight excluding hydrogens is 767 g/mol. The van der Waals surface area contributed by atoms with Gasteiger partial charge in [0.2, 0.25) is 0 Å². The largest absolute Gasteiger partial charge is 0.208 e. The Hall–Kier alpha value is -7.31. The smallest absolute Gasteiger partial charge is 0.164 e. The van der Waals surface area contributed by atoms with Crippen molar-refractivity contribution in [2.75, 3.05) is 0 Å². The molecule has 0 saturated carbocycles. The van der Waals surface area contributed by atoms with Crippen LogP contribution in [0, 0.1) is 0 Å². The Morgan fingerprint density at radius 1 is 0.367 bits per heavy atom. The molecule has 5 heteroatoms. The van der Waals surface area contributed by atoms with Crippen LogP contribution in [0.1, 0.15) is 12.3 Å². The molecule has 0 N–H and O–H groups in total. The minimum Gasteiger partial charge on any atom is -0.208 e. The summed E-state index contributed by atoms with van der Waals surface area (Å²) in [4.78, 5) is 15.0. The van der Waals surface area contributed by atoms with Crippen LogP contribution in [0.2, 0.25) is 0 Å². The van der Waals surface area contributed by atoms with E-state index in [0.29, 0.717) is 17.0 Å². The molecule has 0 spiro atoms. The molecule has 0 aliphatic rings. The number of hydrogen-bond donors (Lipinski definition) is 0. The van der Waals surface area contributed by atoms with Crippen molar-refractivity contribution < 1.29 is 12.3 Å². The van der Waals surface area contributed by atoms with E-state index in [2.05, 4.69) is 78.9 Å². The zero-order valence-electron chi connectivity index (χ0n) is 40.5. The maximum atomic E-state index is 9.74. The second-order valence-electron chi connectivity index (χ2n) is 14.4. The first kappa shape index (κ1) is 26.6. The third-order valence-electron chi connectivity index (χ3n) is 10.8. The van der Waals surface area contributed by atoms with Crippen molar-refractivity contribution in [1.29, 1.82) is 0 Å². The van der Waals surface area contributed by atoms with E-state index in [1.807, 2.05) is 66.7 Å². The number of benzene rings is 9. The summed E-state index contributed by atoms with van der Waals surface area (Å²) >= 11 is 2.67. The summed E-state index contributed by atoms with van der Waals surface area (Å²) in [7, 11) is 0. The molecule has 0 unspecified atom stereocenters. The van der Waals surface area contributed by atoms with Crippen molar-refractivity contribution >= 4 is 73.8 Å². The monoisotopic (exact) mass is 808 g/mol. The van der Waals surface area contributed by atoms with Gasteiger partial charge < -0.3 is 0 Å². The number of nitrogens with zero attached hydrogens (tertiary/aromatic N) is 3. The molecule has 0 aliphatic carbocycles. The van der Waals surface area contributed by atoms with Crippen molar-refractivity contribution in [1.82, 2.24) is 15.0 Å². The van der Waals surface area contributed by atoms with Gasteiger partial charge in [-0.05, 0) is 68.4 Å². The highest BCUT2D eigenvalue weighted by molar-refractivity contribution is 7.27. The second-order valence-corrected chi connectivity index (χ2v) is 16.6. The van der Waals surface area contributed by atoms with Gasteiger partial charge >= 0.3 is 0 Å². The van der Waals surface area contributed by atoms with Crippen molar-refractivity contribution in [3.63, 3.8) is 0 Å². The summed E-state index contributed by atoms with van der Waals surface area (Å²) < 4.78 is 83.4. The maximum Gasteiger partial charge on any atom is 0.164 e. The van der Waals surface area contributed by atoms with Crippen LogP contribution in [0.25, 0.3) is 119 Å². The zero-order chi connectivity index (χ0) is 47.4. The quantitative estimate of drug-likeness (QED) is 0.168. The Morgan fingerprint density at radius 3 is 1.78 bits per heavy atom. The van der Waals surface area contributed by atoms with Gasteiger partial charge in [0.1, 0.15) is 0 Å². The van der Waals surface area contributed by atoms with E-state index in [1.165, 1.54) is 0 Å². The molecule has 0 saturated heterocycles. The van der Waals surface area contributed by atoms with Crippen LogP contribution in [0.3, 0.4) is 0 Å². The van der Waals surface area contributed by atoms with E-state index in [1.54, 1.807) is 11.3 Å². The summed E-state index contributed by atoms with van der Waals surface area (Å²) in [5.41, 5.74) is 7.67. The third kappa shape index (κ3) is 5.98. The molecule has 12 rings (SSSR count). The zero-order valence-corrected chi connectivity index (χ0v) is 33.1. The van der Waals surface area contributed by atoms with Crippen LogP contribution in [0.4, 0.5) is 0 Å². The van der Waals surface area contributed by atoms with Gasteiger partial charge in [-0.25, -0.2) is 15.0 Å². The molecule has 3 heterocycles. The lowest BCUT2D eigenvalue weighted by Crippen LogP contribution is -2.00. The van der Waals surface area contributed by atoms with Gasteiger partial charge in [-0.1, -0.05) is 176 Å². The Labute approximate surface area is 367 Å². The number of hydrogen-bond acceptors (Lipinski definition) is 5. The fourth-order valence-electron chi connectivity index (χ4n) is 7.91. The van der Waals surface area contributed by atoms with Crippen molar-refractivity contribution in [3.8, 4) is 67.5 Å². The van der Waals surface area contributed by atoms with E-state index >= 15 is 0 Å². The summed E-state index contributed by atoms with van der Waals surface area (Å²) in [5.74, 6) is 0.584. The lowest BCUT2D eigenvalue weighted by molar-refractivity contribution is 1.08. The fourth-order valence-corrected chi connectivity index (χ4v) is 10.2. The lowest BCUT2D eigenvalue weighted by Gasteiger charge is -2.10. The summed E-state index contributed by atoms with van der Waals surface area (Å²) in [6, 6.07) is 45.6. The van der Waals surface area contributed by atoms with E-state index in [0.717, 1.165) is 64.9 Å². The summed E-state index contributed by atoms with van der Waals surface area (Å²) in [5, 5.41) is 2.34. The second kappa shape index (κ2) is 14.2. The number of rotatable bonds is 6. The highest BCUT2D eigenvalue weighted by Crippen LogP contribution is 2.43. The van der Waals surface area contributed by atoms with Crippen molar-refractivity contribution in [3.05, 3.63) is 200 Å². The molecule has 0 amide bonds. The molecule has 0 radical (unpaired) electrons. The van der Waals surface area contributed by atoms with Gasteiger partial charge in [-0.15, -0.1) is 22.7 Å². The summed E-state index contributed by atoms with van der Waals surface area (Å²) in [6.07, 6.45) is 0. The van der Waals surface area contributed by atoms with Crippen molar-refractivity contribution in [2.24, 2.45) is 0 Å². The molecular formula is C55H33N3S2. The Balaban J connectivity index is 1.07. The van der Waals surface area contributed by atoms with Gasteiger partial charge in [0, 0.05) is 57.0 Å². The SMILES string of the molecule is [2H]c1c([2H])c([2H])c2c(c1[2H])c([2H])c([2H])c1c2sc2c([2H])c(-c3nc(-c4cccc(-c5ccc(-c6ccccc6)cc5)c4)nc(-c4ccc5c(c4)sc4cccc(-c6ccccc6)c45)n3)c([2H])c([2H])c21. The first-order valence-electron chi connectivity index (χ1n) is 23.9. The van der Waals surface area contributed by atoms with Crippen LogP contribution in [-0.2, 0) is 0 Å². The highest BCUT2D eigenvalue weighted by atomic mass is 32.1. The molecule has 0 atom stereocenters. The third-order valence-corrected chi connectivity index (χ3v) is 13.1. The standard InChI is InChI=1S/C55H33N3S2/c1-3-11-34(12-4-1)35-21-23-36(24-22-35)39-16-9-17-40(31-39)53-56-54(41-26-28-45-46-29-25-38-15-7-8-18-44(38)52(46)60-49(45)32-41)58-55(57-53)42-27-30-47-50(33-42)59-48-20-10-19-43(51(47)48)37-13-5-2-6-14-37/h1-33H/i7D,8D,15D,18D,25D,26D,28D,29D,32D. The predicted molar refractivity (Wildman–Crippen MR) is 256 cm³/mol. The van der Waals surface area contributed by atoms with E-state index in [4.69, 9.17) is 23.2 Å². The minimum atomic E-state index is -0.518. The molecule has 280 valence electrons. The predicted octanol–water partition coefficient (Wildman–Crippen LogP) is 15.8. The van der Waals surface area contributed by atoms with Crippen LogP contribution >= 0.6 is 22.7 Å². The van der Waals surface area contributed by atoms with Gasteiger partial charge in [-0.2, -0.15) is 0 Å². The lowest BCUT2D eigenvalue weighted by atomic mass is 9.99. The first-order chi connectivity index (χ1) is 33.5. The van der Waals surface area contributed by atoms with E-state index in [9.17, 15) is 4.11 Å². The molecule has 0 fully saturated rings. The average Bonchev–Trinajstić information content (AvgIpc) is 3.98. The van der Waals surface area contributed by atoms with Crippen LogP contribution in [-0.4, -0.2) is 15.0 Å². The number of thiophene rings is 2. The summed E-state index contributed by atoms with van der Waals surface area (Å²) in [6.45, 7) is 0. The Morgan fingerprint density at radius 2 is 0.983 bits per heavy atom. The van der Waals surface area contributed by atoms with Crippen molar-refractivity contribution in [2.45, 2.75) is 0 Å². The van der Waals surface area contributed by atoms with Crippen LogP contribution in [0.15, 0.2) is 200 Å². The first-order valence-corrected chi connectivity index (χ1v) is 21.0. The molecule has 0 aliphatic heterocycles. The van der Waals surface area contributed by atoms with Gasteiger partial charge in [0.25, 0.3) is 0 Å². The number of aromatic nitrogens is 3. The Bertz CT molecular complexity index is 4120. The Kier molecular flexibility index (Phi) is 6.31. The molecule has 0 bridgehead atoms. The van der Waals surface area contributed by atoms with E-state index in [-0.39, 0.29) is 78.4 Å². The van der Waals surface area contributed by atoms with Crippen LogP contribution in [0.5, 0.6) is 0 Å². The minimum absolute atomic E-state index is 0.00247. The normalized spacial score (nSPS) is 13.8. The molecule has 9 aromatic carbocycles. The fraction of sp³-hybridized carbons (Fsp3) is 0. The molecule has 3 nitrogen and oxygen atoms in total. The van der Waals surface area contributed by atoms with Crippen LogP contribution < -0.4 is 0 Å².